The molecule has 0 aromatic heterocycles. The van der Waals surface area contributed by atoms with Crippen LogP contribution in [0.1, 0.15) is 20.3 Å². The van der Waals surface area contributed by atoms with Crippen molar-refractivity contribution in [1.82, 2.24) is 0 Å². The largest absolute Gasteiger partial charge is 0.369 e. The summed E-state index contributed by atoms with van der Waals surface area (Å²) in [6, 6.07) is 4.06. The number of hydrogen-bond acceptors (Lipinski definition) is 3. The lowest BCUT2D eigenvalue weighted by molar-refractivity contribution is -0.122. The molecule has 0 saturated heterocycles. The Bertz CT molecular complexity index is 479. The van der Waals surface area contributed by atoms with E-state index in [9.17, 15) is 13.4 Å². The second-order valence-electron chi connectivity index (χ2n) is 4.18. The Balaban J connectivity index is 2.60. The van der Waals surface area contributed by atoms with Gasteiger partial charge in [0, 0.05) is 11.9 Å². The molecule has 2 atom stereocenters. The molecule has 0 bridgehead atoms. The SMILES string of the molecule is CC[C@@H](C)OCC(=O)Nc1ccc([S@@](C)=O)c(F)c1. The van der Waals surface area contributed by atoms with E-state index in [-0.39, 0.29) is 23.5 Å². The van der Waals surface area contributed by atoms with E-state index in [0.29, 0.717) is 5.69 Å². The summed E-state index contributed by atoms with van der Waals surface area (Å²) in [5.74, 6) is -0.938. The topological polar surface area (TPSA) is 55.4 Å². The summed E-state index contributed by atoms with van der Waals surface area (Å²) in [5.41, 5.74) is 0.324. The van der Waals surface area contributed by atoms with Crippen molar-refractivity contribution in [2.24, 2.45) is 0 Å². The molecule has 19 heavy (non-hydrogen) atoms. The van der Waals surface area contributed by atoms with E-state index < -0.39 is 16.6 Å². The molecular weight excluding hydrogens is 269 g/mol. The van der Waals surface area contributed by atoms with E-state index in [1.165, 1.54) is 18.4 Å². The maximum absolute atomic E-state index is 13.5. The van der Waals surface area contributed by atoms with Crippen molar-refractivity contribution in [3.05, 3.63) is 24.0 Å². The summed E-state index contributed by atoms with van der Waals surface area (Å²) < 4.78 is 30.0. The van der Waals surface area contributed by atoms with Gasteiger partial charge in [-0.05, 0) is 31.5 Å². The van der Waals surface area contributed by atoms with Crippen LogP contribution in [0.3, 0.4) is 0 Å². The Kier molecular flexibility index (Phi) is 6.11. The number of carbonyl (C=O) groups excluding carboxylic acids is 1. The first-order valence-corrected chi connectivity index (χ1v) is 7.54. The third-order valence-electron chi connectivity index (χ3n) is 2.60. The quantitative estimate of drug-likeness (QED) is 0.873. The first kappa shape index (κ1) is 15.8. The van der Waals surface area contributed by atoms with E-state index in [1.807, 2.05) is 13.8 Å². The minimum Gasteiger partial charge on any atom is -0.369 e. The van der Waals surface area contributed by atoms with Crippen LogP contribution in [0.4, 0.5) is 10.1 Å². The minimum atomic E-state index is -1.38. The fraction of sp³-hybridized carbons (Fsp3) is 0.462. The van der Waals surface area contributed by atoms with Crippen LogP contribution in [0.2, 0.25) is 0 Å². The summed E-state index contributed by atoms with van der Waals surface area (Å²) >= 11 is 0. The molecule has 0 saturated carbocycles. The highest BCUT2D eigenvalue weighted by molar-refractivity contribution is 7.84. The number of rotatable bonds is 6. The van der Waals surface area contributed by atoms with E-state index in [2.05, 4.69) is 5.32 Å². The number of carbonyl (C=O) groups is 1. The van der Waals surface area contributed by atoms with Crippen molar-refractivity contribution >= 4 is 22.4 Å². The number of hydrogen-bond donors (Lipinski definition) is 1. The maximum Gasteiger partial charge on any atom is 0.250 e. The molecule has 0 aliphatic heterocycles. The highest BCUT2D eigenvalue weighted by Crippen LogP contribution is 2.17. The molecule has 1 N–H and O–H groups in total. The number of nitrogens with one attached hydrogen (secondary N) is 1. The van der Waals surface area contributed by atoms with Crippen LogP contribution in [-0.4, -0.2) is 29.1 Å². The highest BCUT2D eigenvalue weighted by Gasteiger charge is 2.09. The molecule has 0 spiro atoms. The van der Waals surface area contributed by atoms with Gasteiger partial charge in [0.1, 0.15) is 12.4 Å². The van der Waals surface area contributed by atoms with Gasteiger partial charge in [-0.25, -0.2) is 4.39 Å². The van der Waals surface area contributed by atoms with Gasteiger partial charge in [-0.1, -0.05) is 6.92 Å². The number of anilines is 1. The molecule has 0 heterocycles. The molecule has 106 valence electrons. The van der Waals surface area contributed by atoms with E-state index in [1.54, 1.807) is 0 Å². The summed E-state index contributed by atoms with van der Waals surface area (Å²) in [6.45, 7) is 3.76. The van der Waals surface area contributed by atoms with E-state index >= 15 is 0 Å². The van der Waals surface area contributed by atoms with Crippen molar-refractivity contribution < 1.29 is 18.1 Å². The average Bonchev–Trinajstić information content (AvgIpc) is 2.35. The summed E-state index contributed by atoms with van der Waals surface area (Å²) in [4.78, 5) is 11.7. The van der Waals surface area contributed by atoms with Crippen molar-refractivity contribution in [3.63, 3.8) is 0 Å². The molecule has 0 fully saturated rings. The summed E-state index contributed by atoms with van der Waals surface area (Å²) in [7, 11) is -1.38. The standard InChI is InChI=1S/C13H18FNO3S/c1-4-9(2)18-8-13(16)15-10-5-6-12(19(3)17)11(14)7-10/h5-7,9H,4,8H2,1-3H3,(H,15,16)/t9-,19-/m1/s1. The van der Waals surface area contributed by atoms with Crippen LogP contribution >= 0.6 is 0 Å². The normalized spacial score (nSPS) is 13.9. The van der Waals surface area contributed by atoms with Crippen molar-refractivity contribution in [2.75, 3.05) is 18.2 Å². The molecule has 1 aromatic rings. The molecule has 0 aliphatic carbocycles. The zero-order chi connectivity index (χ0) is 14.4. The summed E-state index contributed by atoms with van der Waals surface area (Å²) in [5, 5.41) is 2.53. The monoisotopic (exact) mass is 287 g/mol. The molecule has 6 heteroatoms. The lowest BCUT2D eigenvalue weighted by Gasteiger charge is -2.11. The Morgan fingerprint density at radius 1 is 1.53 bits per heavy atom. The molecule has 0 aliphatic rings. The second kappa shape index (κ2) is 7.35. The lowest BCUT2D eigenvalue weighted by Crippen LogP contribution is -2.21. The van der Waals surface area contributed by atoms with Crippen LogP contribution in [-0.2, 0) is 20.3 Å². The molecule has 0 radical (unpaired) electrons. The maximum atomic E-state index is 13.5. The molecule has 0 unspecified atom stereocenters. The Hall–Kier alpha value is -1.27. The van der Waals surface area contributed by atoms with Gasteiger partial charge in [-0.15, -0.1) is 0 Å². The van der Waals surface area contributed by atoms with Gasteiger partial charge in [0.15, 0.2) is 0 Å². The van der Waals surface area contributed by atoms with Crippen LogP contribution in [0.5, 0.6) is 0 Å². The van der Waals surface area contributed by atoms with Crippen molar-refractivity contribution in [2.45, 2.75) is 31.3 Å². The number of ether oxygens (including phenoxy) is 1. The predicted octanol–water partition coefficient (Wildman–Crippen LogP) is 2.32. The number of amides is 1. The van der Waals surface area contributed by atoms with Crippen LogP contribution in [0.15, 0.2) is 23.1 Å². The smallest absolute Gasteiger partial charge is 0.250 e. The second-order valence-corrected chi connectivity index (χ2v) is 5.53. The van der Waals surface area contributed by atoms with E-state index in [4.69, 9.17) is 4.74 Å². The van der Waals surface area contributed by atoms with Gasteiger partial charge >= 0.3 is 0 Å². The molecule has 4 nitrogen and oxygen atoms in total. The molecular formula is C13H18FNO3S. The van der Waals surface area contributed by atoms with E-state index in [0.717, 1.165) is 12.5 Å². The van der Waals surface area contributed by atoms with Gasteiger partial charge in [0.05, 0.1) is 21.8 Å². The Morgan fingerprint density at radius 3 is 2.74 bits per heavy atom. The fourth-order valence-electron chi connectivity index (χ4n) is 1.34. The van der Waals surface area contributed by atoms with Crippen molar-refractivity contribution in [3.8, 4) is 0 Å². The number of halogens is 1. The van der Waals surface area contributed by atoms with Crippen LogP contribution in [0.25, 0.3) is 0 Å². The van der Waals surface area contributed by atoms with Gasteiger partial charge < -0.3 is 10.1 Å². The van der Waals surface area contributed by atoms with Crippen LogP contribution in [0, 0.1) is 5.82 Å². The molecule has 1 amide bonds. The zero-order valence-electron chi connectivity index (χ0n) is 11.2. The van der Waals surface area contributed by atoms with Crippen LogP contribution < -0.4 is 5.32 Å². The minimum absolute atomic E-state index is 0.00683. The third-order valence-corrected chi connectivity index (χ3v) is 3.55. The van der Waals surface area contributed by atoms with Gasteiger partial charge in [-0.2, -0.15) is 0 Å². The van der Waals surface area contributed by atoms with Gasteiger partial charge in [-0.3, -0.25) is 9.00 Å². The third kappa shape index (κ3) is 5.08. The summed E-state index contributed by atoms with van der Waals surface area (Å²) in [6.07, 6.45) is 2.22. The molecule has 1 rings (SSSR count). The predicted molar refractivity (Wildman–Crippen MR) is 73.1 cm³/mol. The number of benzene rings is 1. The Morgan fingerprint density at radius 2 is 2.21 bits per heavy atom. The fourth-order valence-corrected chi connectivity index (χ4v) is 1.94. The first-order valence-electron chi connectivity index (χ1n) is 5.98. The Labute approximate surface area is 114 Å². The molecule has 1 aromatic carbocycles. The first-order chi connectivity index (χ1) is 8.93. The van der Waals surface area contributed by atoms with Gasteiger partial charge in [0.2, 0.25) is 5.91 Å². The zero-order valence-corrected chi connectivity index (χ0v) is 12.1. The lowest BCUT2D eigenvalue weighted by atomic mass is 10.3. The highest BCUT2D eigenvalue weighted by atomic mass is 32.2. The van der Waals surface area contributed by atoms with Crippen molar-refractivity contribution in [1.29, 1.82) is 0 Å². The van der Waals surface area contributed by atoms with Gasteiger partial charge in [0.25, 0.3) is 0 Å². The average molecular weight is 287 g/mol.